The number of phenols is 4. The first-order chi connectivity index (χ1) is 10.3. The Morgan fingerprint density at radius 1 is 0.636 bits per heavy atom. The van der Waals surface area contributed by atoms with E-state index in [9.17, 15) is 30.0 Å². The minimum absolute atomic E-state index is 0.557. The van der Waals surface area contributed by atoms with Crippen molar-refractivity contribution in [1.29, 1.82) is 0 Å². The highest BCUT2D eigenvalue weighted by Gasteiger charge is 2.27. The van der Waals surface area contributed by atoms with Gasteiger partial charge in [0.2, 0.25) is 0 Å². The number of aromatic carboxylic acids is 2. The van der Waals surface area contributed by atoms with Crippen molar-refractivity contribution in [3.05, 3.63) is 35.4 Å². The number of phenolic OH excluding ortho intramolecular Hbond substituents is 4. The molecule has 0 spiro atoms. The molecule has 0 saturated carbocycles. The van der Waals surface area contributed by atoms with Gasteiger partial charge in [0.05, 0.1) is 11.1 Å². The fourth-order valence-electron chi connectivity index (χ4n) is 2.02. The van der Waals surface area contributed by atoms with E-state index in [2.05, 4.69) is 0 Å². The summed E-state index contributed by atoms with van der Waals surface area (Å²) in [6, 6.07) is 3.68. The van der Waals surface area contributed by atoms with E-state index in [4.69, 9.17) is 10.2 Å². The average molecular weight is 306 g/mol. The van der Waals surface area contributed by atoms with Crippen molar-refractivity contribution in [2.24, 2.45) is 0 Å². The van der Waals surface area contributed by atoms with Crippen molar-refractivity contribution in [3.8, 4) is 34.1 Å². The Balaban J connectivity index is 2.99. The van der Waals surface area contributed by atoms with Crippen LogP contribution in [-0.4, -0.2) is 42.6 Å². The summed E-state index contributed by atoms with van der Waals surface area (Å²) in [6.07, 6.45) is 0. The van der Waals surface area contributed by atoms with Crippen molar-refractivity contribution in [2.75, 3.05) is 0 Å². The van der Waals surface area contributed by atoms with Gasteiger partial charge in [-0.15, -0.1) is 0 Å². The van der Waals surface area contributed by atoms with Crippen LogP contribution in [0.5, 0.6) is 23.0 Å². The Morgan fingerprint density at radius 2 is 0.955 bits per heavy atom. The van der Waals surface area contributed by atoms with Crippen LogP contribution in [0.25, 0.3) is 11.1 Å². The number of carboxylic acid groups (broad SMARTS) is 2. The molecule has 0 aromatic heterocycles. The molecule has 8 nitrogen and oxygen atoms in total. The van der Waals surface area contributed by atoms with Crippen molar-refractivity contribution in [1.82, 2.24) is 0 Å². The van der Waals surface area contributed by atoms with Gasteiger partial charge in [0.1, 0.15) is 0 Å². The van der Waals surface area contributed by atoms with E-state index in [0.29, 0.717) is 0 Å². The van der Waals surface area contributed by atoms with Gasteiger partial charge in [0.15, 0.2) is 23.0 Å². The Bertz CT molecular complexity index is 726. The molecule has 2 rings (SSSR count). The minimum Gasteiger partial charge on any atom is -0.504 e. The second-order valence-electron chi connectivity index (χ2n) is 4.32. The SMILES string of the molecule is O=C(O)c1ccc(O)c(O)c1-c1c(C(=O)O)ccc(O)c1O. The molecule has 8 heteroatoms. The molecule has 0 aliphatic rings. The zero-order valence-electron chi connectivity index (χ0n) is 10.8. The van der Waals surface area contributed by atoms with Crippen LogP contribution in [0.3, 0.4) is 0 Å². The van der Waals surface area contributed by atoms with E-state index in [1.54, 1.807) is 0 Å². The van der Waals surface area contributed by atoms with Gasteiger partial charge in [0, 0.05) is 11.1 Å². The number of carboxylic acids is 2. The van der Waals surface area contributed by atoms with E-state index in [-0.39, 0.29) is 0 Å². The number of aromatic hydroxyl groups is 4. The molecule has 0 fully saturated rings. The summed E-state index contributed by atoms with van der Waals surface area (Å²) in [4.78, 5) is 22.5. The van der Waals surface area contributed by atoms with Gasteiger partial charge in [-0.25, -0.2) is 9.59 Å². The first-order valence-electron chi connectivity index (χ1n) is 5.82. The third kappa shape index (κ3) is 2.22. The van der Waals surface area contributed by atoms with E-state index in [0.717, 1.165) is 24.3 Å². The van der Waals surface area contributed by atoms with Gasteiger partial charge >= 0.3 is 11.9 Å². The van der Waals surface area contributed by atoms with Crippen LogP contribution >= 0.6 is 0 Å². The molecule has 0 aliphatic heterocycles. The molecule has 0 amide bonds. The highest BCUT2D eigenvalue weighted by Crippen LogP contribution is 2.47. The van der Waals surface area contributed by atoms with Crippen LogP contribution in [0.15, 0.2) is 24.3 Å². The van der Waals surface area contributed by atoms with Crippen LogP contribution < -0.4 is 0 Å². The van der Waals surface area contributed by atoms with Crippen LogP contribution in [0.4, 0.5) is 0 Å². The van der Waals surface area contributed by atoms with E-state index < -0.39 is 57.2 Å². The van der Waals surface area contributed by atoms with E-state index in [1.807, 2.05) is 0 Å². The lowest BCUT2D eigenvalue weighted by molar-refractivity contribution is 0.0684. The number of hydrogen-bond acceptors (Lipinski definition) is 6. The quantitative estimate of drug-likeness (QED) is 0.467. The molecule has 0 heterocycles. The van der Waals surface area contributed by atoms with Crippen molar-refractivity contribution >= 4 is 11.9 Å². The zero-order valence-corrected chi connectivity index (χ0v) is 10.8. The van der Waals surface area contributed by atoms with Gasteiger partial charge in [0.25, 0.3) is 0 Å². The summed E-state index contributed by atoms with van der Waals surface area (Å²) in [5.41, 5.74) is -2.34. The second kappa shape index (κ2) is 5.17. The van der Waals surface area contributed by atoms with Crippen molar-refractivity contribution < 1.29 is 40.2 Å². The molecule has 114 valence electrons. The van der Waals surface area contributed by atoms with Crippen molar-refractivity contribution in [2.45, 2.75) is 0 Å². The van der Waals surface area contributed by atoms with Gasteiger partial charge in [-0.2, -0.15) is 0 Å². The maximum absolute atomic E-state index is 11.3. The molecule has 2 aromatic carbocycles. The van der Waals surface area contributed by atoms with Crippen LogP contribution in [0, 0.1) is 0 Å². The molecule has 0 radical (unpaired) electrons. The number of hydrogen-bond donors (Lipinski definition) is 6. The van der Waals surface area contributed by atoms with Gasteiger partial charge in [-0.05, 0) is 24.3 Å². The fraction of sp³-hybridized carbons (Fsp3) is 0. The molecule has 0 saturated heterocycles. The van der Waals surface area contributed by atoms with Gasteiger partial charge in [-0.3, -0.25) is 0 Å². The van der Waals surface area contributed by atoms with E-state index in [1.165, 1.54) is 0 Å². The number of carbonyl (C=O) groups is 2. The van der Waals surface area contributed by atoms with Crippen molar-refractivity contribution in [3.63, 3.8) is 0 Å². The highest BCUT2D eigenvalue weighted by atomic mass is 16.4. The average Bonchev–Trinajstić information content (AvgIpc) is 2.44. The first-order valence-corrected chi connectivity index (χ1v) is 5.82. The summed E-state index contributed by atoms with van der Waals surface area (Å²) in [6.45, 7) is 0. The van der Waals surface area contributed by atoms with Crippen LogP contribution in [-0.2, 0) is 0 Å². The predicted octanol–water partition coefficient (Wildman–Crippen LogP) is 1.57. The molecule has 2 aromatic rings. The lowest BCUT2D eigenvalue weighted by atomic mass is 9.92. The monoisotopic (exact) mass is 306 g/mol. The third-order valence-electron chi connectivity index (χ3n) is 3.02. The minimum atomic E-state index is -1.52. The molecule has 0 bridgehead atoms. The highest BCUT2D eigenvalue weighted by molar-refractivity contribution is 6.06. The summed E-state index contributed by atoms with van der Waals surface area (Å²) in [5, 5.41) is 57.1. The Labute approximate surface area is 122 Å². The summed E-state index contributed by atoms with van der Waals surface area (Å²) in [7, 11) is 0. The standard InChI is InChI=1S/C14H10O8/c15-7-3-1-5(13(19)20)9(11(7)17)10-6(14(21)22)2-4-8(16)12(10)18/h1-4,15-18H,(H,19,20)(H,21,22). The Kier molecular flexibility index (Phi) is 3.52. The molecule has 6 N–H and O–H groups in total. The van der Waals surface area contributed by atoms with Crippen LogP contribution in [0.1, 0.15) is 20.7 Å². The first kappa shape index (κ1) is 15.0. The fourth-order valence-corrected chi connectivity index (χ4v) is 2.02. The molecule has 0 aliphatic carbocycles. The van der Waals surface area contributed by atoms with Gasteiger partial charge in [-0.1, -0.05) is 0 Å². The number of rotatable bonds is 3. The summed E-state index contributed by atoms with van der Waals surface area (Å²) in [5.74, 6) is -6.32. The molecule has 22 heavy (non-hydrogen) atoms. The topological polar surface area (TPSA) is 156 Å². The summed E-state index contributed by atoms with van der Waals surface area (Å²) >= 11 is 0. The molecular weight excluding hydrogens is 296 g/mol. The van der Waals surface area contributed by atoms with Crippen LogP contribution in [0.2, 0.25) is 0 Å². The lowest BCUT2D eigenvalue weighted by Crippen LogP contribution is -2.05. The van der Waals surface area contributed by atoms with E-state index >= 15 is 0 Å². The third-order valence-corrected chi connectivity index (χ3v) is 3.02. The zero-order chi connectivity index (χ0) is 16.6. The molecule has 0 unspecified atom stereocenters. The largest absolute Gasteiger partial charge is 0.504 e. The van der Waals surface area contributed by atoms with Gasteiger partial charge < -0.3 is 30.6 Å². The molecular formula is C14H10O8. The maximum atomic E-state index is 11.3. The predicted molar refractivity (Wildman–Crippen MR) is 72.5 cm³/mol. The normalized spacial score (nSPS) is 10.4. The summed E-state index contributed by atoms with van der Waals surface area (Å²) < 4.78 is 0. The second-order valence-corrected chi connectivity index (χ2v) is 4.32. The smallest absolute Gasteiger partial charge is 0.336 e. The number of benzene rings is 2. The molecule has 0 atom stereocenters. The lowest BCUT2D eigenvalue weighted by Gasteiger charge is -2.14. The Morgan fingerprint density at radius 3 is 1.23 bits per heavy atom. The maximum Gasteiger partial charge on any atom is 0.336 e. The Hall–Kier alpha value is -3.42.